The number of anilines is 1. The molecule has 0 radical (unpaired) electrons. The molecule has 3 aromatic rings. The topological polar surface area (TPSA) is 87.7 Å². The normalized spacial score (nSPS) is 19.3. The highest BCUT2D eigenvalue weighted by molar-refractivity contribution is 6.02. The first-order chi connectivity index (χ1) is 15.1. The lowest BCUT2D eigenvalue weighted by molar-refractivity contribution is 0.0996. The van der Waals surface area contributed by atoms with Gasteiger partial charge in [0.15, 0.2) is 11.7 Å². The standard InChI is InChI=1S/C23H28N6O2/c1-17-9-11-28(15-20(17)29-12-10-25-16-29)23(24-2)26-14-18-5-7-19(8-6-18)27-22(30)21-4-3-13-31-21/h3-8,10,12-13,16-17,20H,9,11,14-15H2,1-2H3,(H,24,26)(H,27,30). The Kier molecular flexibility index (Phi) is 6.35. The van der Waals surface area contributed by atoms with Crippen molar-refractivity contribution >= 4 is 17.6 Å². The molecule has 31 heavy (non-hydrogen) atoms. The number of imidazole rings is 1. The van der Waals surface area contributed by atoms with Crippen LogP contribution in [0.15, 0.2) is 70.8 Å². The average Bonchev–Trinajstić information content (AvgIpc) is 3.51. The fraction of sp³-hybridized carbons (Fsp3) is 0.348. The molecule has 0 aliphatic carbocycles. The monoisotopic (exact) mass is 420 g/mol. The van der Waals surface area contributed by atoms with Gasteiger partial charge >= 0.3 is 0 Å². The zero-order chi connectivity index (χ0) is 21.6. The van der Waals surface area contributed by atoms with Gasteiger partial charge in [0.2, 0.25) is 0 Å². The van der Waals surface area contributed by atoms with Gasteiger partial charge in [-0.2, -0.15) is 0 Å². The Bertz CT molecular complexity index is 995. The number of rotatable bonds is 5. The second-order valence-corrected chi connectivity index (χ2v) is 7.82. The fourth-order valence-electron chi connectivity index (χ4n) is 3.91. The van der Waals surface area contributed by atoms with Gasteiger partial charge in [0.05, 0.1) is 18.6 Å². The summed E-state index contributed by atoms with van der Waals surface area (Å²) in [5.74, 6) is 1.52. The summed E-state index contributed by atoms with van der Waals surface area (Å²) >= 11 is 0. The Labute approximate surface area is 182 Å². The first kappa shape index (κ1) is 20.7. The number of carbonyl (C=O) groups is 1. The van der Waals surface area contributed by atoms with Crippen LogP contribution in [0.5, 0.6) is 0 Å². The largest absolute Gasteiger partial charge is 0.459 e. The fourth-order valence-corrected chi connectivity index (χ4v) is 3.91. The number of amides is 1. The van der Waals surface area contributed by atoms with Crippen molar-refractivity contribution in [2.45, 2.75) is 25.9 Å². The summed E-state index contributed by atoms with van der Waals surface area (Å²) in [6.45, 7) is 4.82. The molecule has 3 heterocycles. The van der Waals surface area contributed by atoms with Crippen LogP contribution in [0, 0.1) is 5.92 Å². The van der Waals surface area contributed by atoms with Crippen LogP contribution in [0.4, 0.5) is 5.69 Å². The highest BCUT2D eigenvalue weighted by Gasteiger charge is 2.28. The number of hydrogen-bond donors (Lipinski definition) is 2. The smallest absolute Gasteiger partial charge is 0.291 e. The van der Waals surface area contributed by atoms with Crippen LogP contribution in [-0.2, 0) is 6.54 Å². The molecule has 0 spiro atoms. The number of likely N-dealkylation sites (tertiary alicyclic amines) is 1. The molecule has 1 amide bonds. The third-order valence-corrected chi connectivity index (χ3v) is 5.75. The molecule has 1 aliphatic rings. The highest BCUT2D eigenvalue weighted by Crippen LogP contribution is 2.27. The van der Waals surface area contributed by atoms with Gasteiger partial charge in [0, 0.05) is 44.8 Å². The minimum atomic E-state index is -0.261. The Morgan fingerprint density at radius 1 is 1.29 bits per heavy atom. The lowest BCUT2D eigenvalue weighted by Crippen LogP contribution is -2.48. The van der Waals surface area contributed by atoms with E-state index in [1.165, 1.54) is 6.26 Å². The van der Waals surface area contributed by atoms with Crippen LogP contribution in [-0.4, -0.2) is 46.5 Å². The van der Waals surface area contributed by atoms with Crippen molar-refractivity contribution in [1.29, 1.82) is 0 Å². The van der Waals surface area contributed by atoms with Gasteiger partial charge in [-0.3, -0.25) is 9.79 Å². The van der Waals surface area contributed by atoms with E-state index in [1.807, 2.05) is 50.0 Å². The van der Waals surface area contributed by atoms with Crippen molar-refractivity contribution in [2.75, 3.05) is 25.5 Å². The Morgan fingerprint density at radius 2 is 2.13 bits per heavy atom. The second-order valence-electron chi connectivity index (χ2n) is 7.82. The molecule has 8 nitrogen and oxygen atoms in total. The van der Waals surface area contributed by atoms with Crippen LogP contribution >= 0.6 is 0 Å². The Hall–Kier alpha value is -3.55. The summed E-state index contributed by atoms with van der Waals surface area (Å²) in [5.41, 5.74) is 1.83. The van der Waals surface area contributed by atoms with Gasteiger partial charge in [0.1, 0.15) is 0 Å². The van der Waals surface area contributed by atoms with E-state index in [1.54, 1.807) is 12.1 Å². The Balaban J connectivity index is 1.33. The summed E-state index contributed by atoms with van der Waals surface area (Å²) in [6.07, 6.45) is 8.35. The van der Waals surface area contributed by atoms with Crippen LogP contribution in [0.25, 0.3) is 0 Å². The molecule has 1 fully saturated rings. The van der Waals surface area contributed by atoms with E-state index in [-0.39, 0.29) is 5.91 Å². The molecular weight excluding hydrogens is 392 g/mol. The van der Waals surface area contributed by atoms with Crippen molar-refractivity contribution in [3.8, 4) is 0 Å². The number of carbonyl (C=O) groups excluding carboxylic acids is 1. The van der Waals surface area contributed by atoms with Gasteiger partial charge in [-0.05, 0) is 42.2 Å². The molecule has 2 atom stereocenters. The Morgan fingerprint density at radius 3 is 2.81 bits per heavy atom. The first-order valence-electron chi connectivity index (χ1n) is 10.5. The summed E-state index contributed by atoms with van der Waals surface area (Å²) < 4.78 is 7.31. The molecule has 1 aliphatic heterocycles. The summed E-state index contributed by atoms with van der Waals surface area (Å²) in [6, 6.07) is 11.5. The average molecular weight is 421 g/mol. The van der Waals surface area contributed by atoms with Crippen molar-refractivity contribution < 1.29 is 9.21 Å². The van der Waals surface area contributed by atoms with Crippen LogP contribution in [0.1, 0.15) is 35.5 Å². The zero-order valence-corrected chi connectivity index (χ0v) is 17.9. The minimum Gasteiger partial charge on any atom is -0.459 e. The predicted octanol–water partition coefficient (Wildman–Crippen LogP) is 3.39. The molecule has 1 saturated heterocycles. The van der Waals surface area contributed by atoms with Gasteiger partial charge in [-0.1, -0.05) is 19.1 Å². The first-order valence-corrected chi connectivity index (χ1v) is 10.5. The third-order valence-electron chi connectivity index (χ3n) is 5.75. The highest BCUT2D eigenvalue weighted by atomic mass is 16.3. The number of aromatic nitrogens is 2. The molecule has 1 aromatic carbocycles. The lowest BCUT2D eigenvalue weighted by Gasteiger charge is -2.39. The van der Waals surface area contributed by atoms with Gasteiger partial charge in [-0.25, -0.2) is 4.98 Å². The molecule has 8 heteroatoms. The second kappa shape index (κ2) is 9.51. The van der Waals surface area contributed by atoms with Crippen molar-refractivity contribution in [3.63, 3.8) is 0 Å². The number of nitrogens with one attached hydrogen (secondary N) is 2. The number of aliphatic imine (C=N–C) groups is 1. The van der Waals surface area contributed by atoms with Crippen molar-refractivity contribution in [3.05, 3.63) is 72.7 Å². The number of guanidine groups is 1. The van der Waals surface area contributed by atoms with E-state index in [9.17, 15) is 4.79 Å². The molecule has 0 saturated carbocycles. The summed E-state index contributed by atoms with van der Waals surface area (Å²) in [5, 5.41) is 6.30. The molecule has 4 rings (SSSR count). The molecular formula is C23H28N6O2. The SMILES string of the molecule is CN=C(NCc1ccc(NC(=O)c2ccco2)cc1)N1CCC(C)C(n2ccnc2)C1. The number of hydrogen-bond acceptors (Lipinski definition) is 4. The quantitative estimate of drug-likeness (QED) is 0.488. The number of nitrogens with zero attached hydrogens (tertiary/aromatic N) is 4. The van der Waals surface area contributed by atoms with Crippen molar-refractivity contribution in [1.82, 2.24) is 19.8 Å². The van der Waals surface area contributed by atoms with Gasteiger partial charge in [-0.15, -0.1) is 0 Å². The maximum atomic E-state index is 12.1. The molecule has 2 unspecified atom stereocenters. The number of piperidine rings is 1. The minimum absolute atomic E-state index is 0.261. The predicted molar refractivity (Wildman–Crippen MR) is 120 cm³/mol. The molecule has 2 aromatic heterocycles. The van der Waals surface area contributed by atoms with Crippen molar-refractivity contribution in [2.24, 2.45) is 10.9 Å². The van der Waals surface area contributed by atoms with E-state index in [0.29, 0.717) is 24.3 Å². The molecule has 0 bridgehead atoms. The zero-order valence-electron chi connectivity index (χ0n) is 17.9. The van der Waals surface area contributed by atoms with E-state index in [0.717, 1.165) is 36.7 Å². The summed E-state index contributed by atoms with van der Waals surface area (Å²) in [7, 11) is 1.82. The van der Waals surface area contributed by atoms with E-state index >= 15 is 0 Å². The number of furan rings is 1. The van der Waals surface area contributed by atoms with Gasteiger partial charge < -0.3 is 24.5 Å². The molecule has 2 N–H and O–H groups in total. The maximum absolute atomic E-state index is 12.1. The third kappa shape index (κ3) is 4.96. The van der Waals surface area contributed by atoms with Crippen LogP contribution in [0.2, 0.25) is 0 Å². The van der Waals surface area contributed by atoms with Crippen LogP contribution < -0.4 is 10.6 Å². The number of benzene rings is 1. The lowest BCUT2D eigenvalue weighted by atomic mass is 9.93. The van der Waals surface area contributed by atoms with E-state index in [4.69, 9.17) is 4.42 Å². The van der Waals surface area contributed by atoms with E-state index in [2.05, 4.69) is 37.0 Å². The van der Waals surface area contributed by atoms with E-state index < -0.39 is 0 Å². The molecule has 162 valence electrons. The van der Waals surface area contributed by atoms with Crippen LogP contribution in [0.3, 0.4) is 0 Å². The summed E-state index contributed by atoms with van der Waals surface area (Å²) in [4.78, 5) is 23.1. The van der Waals surface area contributed by atoms with Gasteiger partial charge in [0.25, 0.3) is 5.91 Å². The maximum Gasteiger partial charge on any atom is 0.291 e.